The van der Waals surface area contributed by atoms with Gasteiger partial charge in [0.15, 0.2) is 5.76 Å². The third kappa shape index (κ3) is 3.11. The van der Waals surface area contributed by atoms with Gasteiger partial charge in [0.2, 0.25) is 0 Å². The van der Waals surface area contributed by atoms with Crippen LogP contribution < -0.4 is 11.1 Å². The van der Waals surface area contributed by atoms with E-state index in [1.807, 2.05) is 13.8 Å². The predicted octanol–water partition coefficient (Wildman–Crippen LogP) is 2.15. The molecule has 1 aromatic heterocycles. The van der Waals surface area contributed by atoms with Crippen molar-refractivity contribution in [3.8, 4) is 0 Å². The van der Waals surface area contributed by atoms with Gasteiger partial charge in [-0.1, -0.05) is 13.8 Å². The number of carbonyl (C=O) groups excluding carboxylic acids is 1. The fourth-order valence-electron chi connectivity index (χ4n) is 2.12. The minimum absolute atomic E-state index is 0.0415. The number of fused-ring (bicyclic) bond motifs is 1. The van der Waals surface area contributed by atoms with E-state index in [4.69, 9.17) is 15.3 Å². The molecular formula is C15H20N2O3. The van der Waals surface area contributed by atoms with Gasteiger partial charge >= 0.3 is 0 Å². The number of aliphatic hydroxyl groups is 1. The maximum Gasteiger partial charge on any atom is 0.287 e. The van der Waals surface area contributed by atoms with Crippen LogP contribution in [0.15, 0.2) is 28.7 Å². The van der Waals surface area contributed by atoms with Crippen molar-refractivity contribution >= 4 is 22.6 Å². The number of rotatable bonds is 5. The molecule has 1 heterocycles. The van der Waals surface area contributed by atoms with Gasteiger partial charge in [-0.15, -0.1) is 0 Å². The first kappa shape index (κ1) is 14.4. The molecule has 1 atom stereocenters. The lowest BCUT2D eigenvalue weighted by Gasteiger charge is -2.20. The fraction of sp³-hybridized carbons (Fsp3) is 0.400. The lowest BCUT2D eigenvalue weighted by Crippen LogP contribution is -2.39. The van der Waals surface area contributed by atoms with Gasteiger partial charge in [0.1, 0.15) is 5.58 Å². The van der Waals surface area contributed by atoms with Crippen LogP contribution in [-0.4, -0.2) is 23.7 Å². The summed E-state index contributed by atoms with van der Waals surface area (Å²) >= 11 is 0. The Morgan fingerprint density at radius 1 is 1.40 bits per heavy atom. The van der Waals surface area contributed by atoms with E-state index in [2.05, 4.69) is 5.32 Å². The molecule has 0 spiro atoms. The summed E-state index contributed by atoms with van der Waals surface area (Å²) in [5.41, 5.74) is 6.96. The topological polar surface area (TPSA) is 88.5 Å². The van der Waals surface area contributed by atoms with E-state index in [1.165, 1.54) is 0 Å². The van der Waals surface area contributed by atoms with Gasteiger partial charge in [0.25, 0.3) is 5.91 Å². The molecule has 20 heavy (non-hydrogen) atoms. The molecule has 2 rings (SSSR count). The van der Waals surface area contributed by atoms with E-state index in [1.54, 1.807) is 24.3 Å². The van der Waals surface area contributed by atoms with Crippen molar-refractivity contribution in [1.29, 1.82) is 0 Å². The molecule has 0 saturated carbocycles. The average Bonchev–Trinajstić information content (AvgIpc) is 2.80. The van der Waals surface area contributed by atoms with E-state index in [9.17, 15) is 4.79 Å². The molecule has 0 fully saturated rings. The molecular weight excluding hydrogens is 256 g/mol. The number of hydrogen-bond donors (Lipinski definition) is 3. The molecule has 1 aromatic carbocycles. The van der Waals surface area contributed by atoms with Crippen LogP contribution in [-0.2, 0) is 0 Å². The molecule has 5 nitrogen and oxygen atoms in total. The Balaban J connectivity index is 2.18. The molecule has 0 bridgehead atoms. The maximum atomic E-state index is 12.2. The quantitative estimate of drug-likeness (QED) is 0.730. The minimum Gasteiger partial charge on any atom is -0.451 e. The summed E-state index contributed by atoms with van der Waals surface area (Å²) in [6, 6.07) is 6.84. The largest absolute Gasteiger partial charge is 0.451 e. The molecule has 2 aromatic rings. The normalized spacial score (nSPS) is 12.8. The van der Waals surface area contributed by atoms with E-state index >= 15 is 0 Å². The van der Waals surface area contributed by atoms with Crippen molar-refractivity contribution < 1.29 is 14.3 Å². The Kier molecular flexibility index (Phi) is 4.29. The number of anilines is 1. The number of aliphatic hydroxyl groups excluding tert-OH is 1. The van der Waals surface area contributed by atoms with Crippen molar-refractivity contribution in [3.05, 3.63) is 30.0 Å². The molecule has 0 aliphatic rings. The number of carbonyl (C=O) groups is 1. The number of nitrogens with one attached hydrogen (secondary N) is 1. The molecule has 0 aliphatic heterocycles. The highest BCUT2D eigenvalue weighted by Gasteiger charge is 2.19. The average molecular weight is 276 g/mol. The highest BCUT2D eigenvalue weighted by Crippen LogP contribution is 2.22. The second-order valence-electron chi connectivity index (χ2n) is 5.24. The van der Waals surface area contributed by atoms with Crippen molar-refractivity contribution in [2.45, 2.75) is 26.3 Å². The van der Waals surface area contributed by atoms with Crippen LogP contribution in [0.4, 0.5) is 5.69 Å². The van der Waals surface area contributed by atoms with Gasteiger partial charge < -0.3 is 20.6 Å². The Morgan fingerprint density at radius 3 is 2.80 bits per heavy atom. The second-order valence-corrected chi connectivity index (χ2v) is 5.24. The maximum absolute atomic E-state index is 12.2. The number of furan rings is 1. The van der Waals surface area contributed by atoms with Gasteiger partial charge in [-0.3, -0.25) is 4.79 Å². The lowest BCUT2D eigenvalue weighted by molar-refractivity contribution is 0.0890. The van der Waals surface area contributed by atoms with Gasteiger partial charge in [-0.05, 0) is 36.6 Å². The minimum atomic E-state index is -0.271. The van der Waals surface area contributed by atoms with Crippen LogP contribution in [0.2, 0.25) is 0 Å². The molecule has 1 unspecified atom stereocenters. The first-order valence-corrected chi connectivity index (χ1v) is 6.72. The Hall–Kier alpha value is -2.01. The summed E-state index contributed by atoms with van der Waals surface area (Å²) in [4.78, 5) is 12.2. The number of nitrogens with two attached hydrogens (primary N) is 1. The van der Waals surface area contributed by atoms with Crippen molar-refractivity contribution in [3.63, 3.8) is 0 Å². The van der Waals surface area contributed by atoms with Crippen LogP contribution in [0, 0.1) is 5.92 Å². The van der Waals surface area contributed by atoms with Crippen LogP contribution in [0.3, 0.4) is 0 Å². The smallest absolute Gasteiger partial charge is 0.287 e. The molecule has 1 amide bonds. The van der Waals surface area contributed by atoms with Gasteiger partial charge in [0, 0.05) is 23.7 Å². The van der Waals surface area contributed by atoms with Crippen LogP contribution in [0.1, 0.15) is 30.8 Å². The Morgan fingerprint density at radius 2 is 2.15 bits per heavy atom. The van der Waals surface area contributed by atoms with Gasteiger partial charge in [0.05, 0.1) is 0 Å². The summed E-state index contributed by atoms with van der Waals surface area (Å²) in [6.45, 7) is 4.04. The lowest BCUT2D eigenvalue weighted by atomic mass is 10.0. The third-order valence-corrected chi connectivity index (χ3v) is 3.33. The standard InChI is InChI=1S/C15H20N2O3/c1-9(2)12(5-6-18)17-15(19)14-8-10-7-11(16)3-4-13(10)20-14/h3-4,7-9,12,18H,5-6,16H2,1-2H3,(H,17,19). The summed E-state index contributed by atoms with van der Waals surface area (Å²) in [7, 11) is 0. The Labute approximate surface area is 117 Å². The van der Waals surface area contributed by atoms with E-state index in [0.29, 0.717) is 17.7 Å². The van der Waals surface area contributed by atoms with Crippen molar-refractivity contribution in [2.75, 3.05) is 12.3 Å². The van der Waals surface area contributed by atoms with Crippen LogP contribution >= 0.6 is 0 Å². The molecule has 0 aliphatic carbocycles. The zero-order chi connectivity index (χ0) is 14.7. The first-order valence-electron chi connectivity index (χ1n) is 6.72. The highest BCUT2D eigenvalue weighted by molar-refractivity contribution is 5.96. The van der Waals surface area contributed by atoms with E-state index in [-0.39, 0.29) is 30.2 Å². The summed E-state index contributed by atoms with van der Waals surface area (Å²) in [6.07, 6.45) is 0.524. The van der Waals surface area contributed by atoms with E-state index < -0.39 is 0 Å². The number of benzene rings is 1. The van der Waals surface area contributed by atoms with Crippen LogP contribution in [0.25, 0.3) is 11.0 Å². The summed E-state index contributed by atoms with van der Waals surface area (Å²) in [5.74, 6) is 0.229. The monoisotopic (exact) mass is 276 g/mol. The van der Waals surface area contributed by atoms with Crippen molar-refractivity contribution in [2.24, 2.45) is 5.92 Å². The molecule has 0 radical (unpaired) electrons. The second kappa shape index (κ2) is 5.96. The number of hydrogen-bond acceptors (Lipinski definition) is 4. The summed E-state index contributed by atoms with van der Waals surface area (Å²) < 4.78 is 5.51. The number of nitrogen functional groups attached to an aromatic ring is 1. The zero-order valence-corrected chi connectivity index (χ0v) is 11.7. The SMILES string of the molecule is CC(C)C(CCO)NC(=O)c1cc2cc(N)ccc2o1. The fourth-order valence-corrected chi connectivity index (χ4v) is 2.12. The Bertz CT molecular complexity index is 604. The zero-order valence-electron chi connectivity index (χ0n) is 11.7. The molecule has 4 N–H and O–H groups in total. The predicted molar refractivity (Wildman–Crippen MR) is 78.4 cm³/mol. The molecule has 0 saturated heterocycles. The molecule has 5 heteroatoms. The van der Waals surface area contributed by atoms with E-state index in [0.717, 1.165) is 5.39 Å². The van der Waals surface area contributed by atoms with Gasteiger partial charge in [-0.2, -0.15) is 0 Å². The first-order chi connectivity index (χ1) is 9.51. The van der Waals surface area contributed by atoms with Crippen LogP contribution in [0.5, 0.6) is 0 Å². The van der Waals surface area contributed by atoms with Crippen molar-refractivity contribution in [1.82, 2.24) is 5.32 Å². The third-order valence-electron chi connectivity index (χ3n) is 3.33. The van der Waals surface area contributed by atoms with Gasteiger partial charge in [-0.25, -0.2) is 0 Å². The number of amides is 1. The highest BCUT2D eigenvalue weighted by atomic mass is 16.3. The summed E-state index contributed by atoms with van der Waals surface area (Å²) in [5, 5.41) is 12.7. The molecule has 108 valence electrons.